The number of halogens is 2. The fourth-order valence-corrected chi connectivity index (χ4v) is 4.21. The van der Waals surface area contributed by atoms with Crippen LogP contribution in [-0.2, 0) is 11.4 Å². The number of benzene rings is 3. The molecule has 4 nitrogen and oxygen atoms in total. The molecule has 1 saturated heterocycles. The fraction of sp³-hybridized carbons (Fsp3) is 0.0833. The maximum Gasteiger partial charge on any atom is 0.264 e. The second kappa shape index (κ2) is 9.60. The number of hydrogen-bond donors (Lipinski definition) is 1. The summed E-state index contributed by atoms with van der Waals surface area (Å²) < 4.78 is 5.98. The number of aliphatic imine (C=N–C) groups is 1. The van der Waals surface area contributed by atoms with E-state index in [9.17, 15) is 4.79 Å². The first-order chi connectivity index (χ1) is 15.0. The smallest absolute Gasteiger partial charge is 0.264 e. The van der Waals surface area contributed by atoms with E-state index in [1.807, 2.05) is 55.5 Å². The molecule has 3 aromatic carbocycles. The highest BCUT2D eigenvalue weighted by molar-refractivity contribution is 8.18. The zero-order chi connectivity index (χ0) is 21.8. The van der Waals surface area contributed by atoms with Gasteiger partial charge in [0.25, 0.3) is 5.91 Å². The highest BCUT2D eigenvalue weighted by Crippen LogP contribution is 2.32. The van der Waals surface area contributed by atoms with Gasteiger partial charge < -0.3 is 10.1 Å². The number of nitrogens with one attached hydrogen (secondary N) is 1. The summed E-state index contributed by atoms with van der Waals surface area (Å²) in [5, 5.41) is 4.55. The van der Waals surface area contributed by atoms with Crippen LogP contribution in [-0.4, -0.2) is 11.1 Å². The first-order valence-corrected chi connectivity index (χ1v) is 11.1. The summed E-state index contributed by atoms with van der Waals surface area (Å²) in [6.45, 7) is 2.34. The first kappa shape index (κ1) is 21.5. The van der Waals surface area contributed by atoms with Crippen LogP contribution >= 0.6 is 35.0 Å². The molecule has 0 atom stereocenters. The van der Waals surface area contributed by atoms with Gasteiger partial charge >= 0.3 is 0 Å². The van der Waals surface area contributed by atoms with Gasteiger partial charge in [0.1, 0.15) is 12.4 Å². The summed E-state index contributed by atoms with van der Waals surface area (Å²) in [7, 11) is 0. The van der Waals surface area contributed by atoms with Crippen molar-refractivity contribution in [1.29, 1.82) is 0 Å². The van der Waals surface area contributed by atoms with E-state index in [4.69, 9.17) is 27.9 Å². The van der Waals surface area contributed by atoms with Gasteiger partial charge in [-0.1, -0.05) is 47.5 Å². The van der Waals surface area contributed by atoms with E-state index in [2.05, 4.69) is 10.3 Å². The number of aryl methyl sites for hydroxylation is 1. The van der Waals surface area contributed by atoms with Gasteiger partial charge in [0.05, 0.1) is 10.6 Å². The van der Waals surface area contributed by atoms with Crippen molar-refractivity contribution in [2.45, 2.75) is 13.5 Å². The van der Waals surface area contributed by atoms with Gasteiger partial charge in [-0.3, -0.25) is 4.79 Å². The van der Waals surface area contributed by atoms with Crippen LogP contribution in [0, 0.1) is 6.92 Å². The van der Waals surface area contributed by atoms with E-state index < -0.39 is 0 Å². The Kier molecular flexibility index (Phi) is 6.66. The minimum atomic E-state index is -0.211. The largest absolute Gasteiger partial charge is 0.488 e. The molecule has 7 heteroatoms. The lowest BCUT2D eigenvalue weighted by Gasteiger charge is -2.10. The molecule has 0 spiro atoms. The third-order valence-electron chi connectivity index (χ3n) is 4.42. The summed E-state index contributed by atoms with van der Waals surface area (Å²) in [4.78, 5) is 17.5. The molecular weight excluding hydrogens is 451 g/mol. The summed E-state index contributed by atoms with van der Waals surface area (Å²) in [5.41, 5.74) is 3.55. The maximum absolute atomic E-state index is 12.5. The third kappa shape index (κ3) is 5.70. The molecule has 0 radical (unpaired) electrons. The predicted molar refractivity (Wildman–Crippen MR) is 129 cm³/mol. The lowest BCUT2D eigenvalue weighted by molar-refractivity contribution is -0.115. The van der Waals surface area contributed by atoms with Crippen LogP contribution in [0.15, 0.2) is 76.6 Å². The van der Waals surface area contributed by atoms with Crippen molar-refractivity contribution in [1.82, 2.24) is 5.32 Å². The summed E-state index contributed by atoms with van der Waals surface area (Å²) >= 11 is 13.5. The van der Waals surface area contributed by atoms with Crippen molar-refractivity contribution in [2.24, 2.45) is 4.99 Å². The number of amides is 1. The number of ether oxygens (including phenoxy) is 1. The van der Waals surface area contributed by atoms with Crippen molar-refractivity contribution in [3.05, 3.63) is 98.4 Å². The minimum absolute atomic E-state index is 0.211. The van der Waals surface area contributed by atoms with Crippen molar-refractivity contribution in [3.63, 3.8) is 0 Å². The molecular formula is C24H18Cl2N2O2S. The molecule has 1 aliphatic heterocycles. The van der Waals surface area contributed by atoms with Crippen LogP contribution in [0.4, 0.5) is 5.69 Å². The lowest BCUT2D eigenvalue weighted by Crippen LogP contribution is -2.19. The molecule has 1 aliphatic rings. The normalized spacial score (nSPS) is 16.0. The van der Waals surface area contributed by atoms with Gasteiger partial charge in [-0.25, -0.2) is 4.99 Å². The van der Waals surface area contributed by atoms with Gasteiger partial charge in [-0.05, 0) is 78.4 Å². The van der Waals surface area contributed by atoms with Gasteiger partial charge in [0.15, 0.2) is 5.17 Å². The Morgan fingerprint density at radius 3 is 2.65 bits per heavy atom. The highest BCUT2D eigenvalue weighted by atomic mass is 35.5. The number of amidine groups is 1. The molecule has 0 aromatic heterocycles. The number of carbonyl (C=O) groups is 1. The zero-order valence-corrected chi connectivity index (χ0v) is 18.9. The Hall–Kier alpha value is -2.73. The van der Waals surface area contributed by atoms with Gasteiger partial charge in [0, 0.05) is 15.6 Å². The van der Waals surface area contributed by atoms with E-state index in [-0.39, 0.29) is 5.91 Å². The monoisotopic (exact) mass is 468 g/mol. The van der Waals surface area contributed by atoms with Crippen LogP contribution in [0.2, 0.25) is 10.0 Å². The first-order valence-electron chi connectivity index (χ1n) is 9.49. The topological polar surface area (TPSA) is 50.7 Å². The van der Waals surface area contributed by atoms with E-state index in [1.165, 1.54) is 11.8 Å². The summed E-state index contributed by atoms with van der Waals surface area (Å²) in [6.07, 6.45) is 1.76. The molecule has 0 unspecified atom stereocenters. The van der Waals surface area contributed by atoms with Crippen LogP contribution < -0.4 is 10.1 Å². The fourth-order valence-electron chi connectivity index (χ4n) is 2.99. The highest BCUT2D eigenvalue weighted by Gasteiger charge is 2.24. The van der Waals surface area contributed by atoms with Gasteiger partial charge in [0.2, 0.25) is 0 Å². The van der Waals surface area contributed by atoms with E-state index in [1.54, 1.807) is 24.3 Å². The Morgan fingerprint density at radius 2 is 1.84 bits per heavy atom. The number of rotatable bonds is 5. The second-order valence-corrected chi connectivity index (χ2v) is 8.82. The molecule has 1 heterocycles. The van der Waals surface area contributed by atoms with Gasteiger partial charge in [-0.15, -0.1) is 0 Å². The SMILES string of the molecule is Cc1cccc(N=C2NC(=O)/C(=C/c3cc(Cl)ccc3OCc3cccc(Cl)c3)S2)c1. The molecule has 156 valence electrons. The molecule has 0 saturated carbocycles. The molecule has 1 N–H and O–H groups in total. The van der Waals surface area contributed by atoms with Crippen LogP contribution in [0.5, 0.6) is 5.75 Å². The third-order valence-corrected chi connectivity index (χ3v) is 5.81. The van der Waals surface area contributed by atoms with Crippen molar-refractivity contribution < 1.29 is 9.53 Å². The Morgan fingerprint density at radius 1 is 1.03 bits per heavy atom. The Labute approximate surface area is 194 Å². The van der Waals surface area contributed by atoms with Crippen molar-refractivity contribution >= 4 is 57.8 Å². The summed E-state index contributed by atoms with van der Waals surface area (Å²) in [6, 6.07) is 20.6. The average Bonchev–Trinajstić information content (AvgIpc) is 3.06. The number of thioether (sulfide) groups is 1. The van der Waals surface area contributed by atoms with E-state index in [0.29, 0.717) is 38.0 Å². The average molecular weight is 469 g/mol. The maximum atomic E-state index is 12.5. The van der Waals surface area contributed by atoms with Crippen molar-refractivity contribution in [3.8, 4) is 5.75 Å². The second-order valence-electron chi connectivity index (χ2n) is 6.92. The number of nitrogens with zero attached hydrogens (tertiary/aromatic N) is 1. The van der Waals surface area contributed by atoms with Gasteiger partial charge in [-0.2, -0.15) is 0 Å². The summed E-state index contributed by atoms with van der Waals surface area (Å²) in [5.74, 6) is 0.409. The molecule has 1 fully saturated rings. The number of carbonyl (C=O) groups excluding carboxylic acids is 1. The van der Waals surface area contributed by atoms with E-state index in [0.717, 1.165) is 16.8 Å². The molecule has 1 amide bonds. The Balaban J connectivity index is 1.56. The van der Waals surface area contributed by atoms with Crippen LogP contribution in [0.1, 0.15) is 16.7 Å². The standard InChI is InChI=1S/C24H18Cl2N2O2S/c1-15-4-2-7-20(10-15)27-24-28-23(29)22(31-24)13-17-12-19(26)8-9-21(17)30-14-16-5-3-6-18(25)11-16/h2-13H,14H2,1H3,(H,27,28,29)/b22-13-. The Bertz CT molecular complexity index is 1210. The predicted octanol–water partition coefficient (Wildman–Crippen LogP) is 6.77. The molecule has 4 rings (SSSR count). The molecule has 31 heavy (non-hydrogen) atoms. The quantitative estimate of drug-likeness (QED) is 0.420. The minimum Gasteiger partial charge on any atom is -0.488 e. The number of hydrogen-bond acceptors (Lipinski definition) is 4. The molecule has 0 aliphatic carbocycles. The van der Waals surface area contributed by atoms with E-state index >= 15 is 0 Å². The van der Waals surface area contributed by atoms with Crippen molar-refractivity contribution in [2.75, 3.05) is 0 Å². The van der Waals surface area contributed by atoms with Crippen LogP contribution in [0.25, 0.3) is 6.08 Å². The molecule has 3 aromatic rings. The zero-order valence-electron chi connectivity index (χ0n) is 16.6. The molecule has 0 bridgehead atoms. The van der Waals surface area contributed by atoms with Crippen LogP contribution in [0.3, 0.4) is 0 Å². The lowest BCUT2D eigenvalue weighted by atomic mass is 10.1.